The third-order valence-electron chi connectivity index (χ3n) is 4.05. The molecule has 122 valence electrons. The molecular weight excluding hydrogens is 358 g/mol. The molecule has 1 unspecified atom stereocenters. The van der Waals surface area contributed by atoms with E-state index in [1.807, 2.05) is 12.3 Å². The Bertz CT molecular complexity index is 634. The summed E-state index contributed by atoms with van der Waals surface area (Å²) in [7, 11) is 1.63. The molecule has 2 aromatic rings. The molecule has 7 heteroatoms. The topological polar surface area (TPSA) is 54.4 Å². The van der Waals surface area contributed by atoms with Gasteiger partial charge in [-0.3, -0.25) is 4.90 Å². The van der Waals surface area contributed by atoms with Gasteiger partial charge in [-0.05, 0) is 28.4 Å². The second kappa shape index (κ2) is 7.23. The van der Waals surface area contributed by atoms with Crippen molar-refractivity contribution in [3.63, 3.8) is 0 Å². The zero-order chi connectivity index (χ0) is 16.2. The van der Waals surface area contributed by atoms with Crippen LogP contribution in [0, 0.1) is 0 Å². The summed E-state index contributed by atoms with van der Waals surface area (Å²) in [5, 5.41) is 0. The molecule has 0 N–H and O–H groups in total. The number of hydrogen-bond donors (Lipinski definition) is 0. The quantitative estimate of drug-likeness (QED) is 0.814. The molecule has 0 radical (unpaired) electrons. The summed E-state index contributed by atoms with van der Waals surface area (Å²) in [5.74, 6) is 1.45. The van der Waals surface area contributed by atoms with Crippen molar-refractivity contribution in [1.82, 2.24) is 19.9 Å². The van der Waals surface area contributed by atoms with E-state index in [1.54, 1.807) is 19.5 Å². The van der Waals surface area contributed by atoms with Crippen LogP contribution in [0.4, 0.5) is 5.95 Å². The second-order valence-electron chi connectivity index (χ2n) is 5.68. The smallest absolute Gasteiger partial charge is 0.225 e. The number of ether oxygens (including phenoxy) is 1. The van der Waals surface area contributed by atoms with Gasteiger partial charge in [0.1, 0.15) is 0 Å². The Hall–Kier alpha value is -1.73. The van der Waals surface area contributed by atoms with Crippen molar-refractivity contribution in [2.45, 2.75) is 19.5 Å². The average Bonchev–Trinajstić information content (AvgIpc) is 2.58. The molecule has 23 heavy (non-hydrogen) atoms. The number of aromatic nitrogens is 3. The predicted octanol–water partition coefficient (Wildman–Crippen LogP) is 2.35. The first-order chi connectivity index (χ1) is 11.2. The minimum atomic E-state index is 0.429. The van der Waals surface area contributed by atoms with E-state index in [-0.39, 0.29) is 0 Å². The number of piperazine rings is 1. The first-order valence-corrected chi connectivity index (χ1v) is 8.40. The number of methoxy groups -OCH3 is 1. The first-order valence-electron chi connectivity index (χ1n) is 7.61. The molecule has 3 rings (SSSR count). The number of halogens is 1. The van der Waals surface area contributed by atoms with Crippen LogP contribution >= 0.6 is 15.9 Å². The third kappa shape index (κ3) is 3.97. The maximum absolute atomic E-state index is 5.10. The van der Waals surface area contributed by atoms with Gasteiger partial charge in [0.05, 0.1) is 11.6 Å². The SMILES string of the molecule is COc1ccc(CN2CCN(c3ncc(Br)cn3)CC2C)cn1. The maximum atomic E-state index is 5.10. The van der Waals surface area contributed by atoms with Crippen molar-refractivity contribution in [1.29, 1.82) is 0 Å². The van der Waals surface area contributed by atoms with Crippen molar-refractivity contribution < 1.29 is 4.74 Å². The fraction of sp³-hybridized carbons (Fsp3) is 0.438. The highest BCUT2D eigenvalue weighted by Crippen LogP contribution is 2.18. The number of rotatable bonds is 4. The van der Waals surface area contributed by atoms with Crippen LogP contribution < -0.4 is 9.64 Å². The van der Waals surface area contributed by atoms with Gasteiger partial charge in [0.25, 0.3) is 0 Å². The van der Waals surface area contributed by atoms with Crippen LogP contribution in [0.15, 0.2) is 35.2 Å². The first kappa shape index (κ1) is 16.1. The van der Waals surface area contributed by atoms with Gasteiger partial charge in [-0.15, -0.1) is 0 Å². The minimum absolute atomic E-state index is 0.429. The molecule has 0 aromatic carbocycles. The summed E-state index contributed by atoms with van der Waals surface area (Å²) < 4.78 is 6.01. The van der Waals surface area contributed by atoms with Crippen LogP contribution in [0.3, 0.4) is 0 Å². The molecule has 1 aliphatic heterocycles. The predicted molar refractivity (Wildman–Crippen MR) is 92.6 cm³/mol. The van der Waals surface area contributed by atoms with E-state index in [0.717, 1.165) is 36.6 Å². The molecule has 2 aromatic heterocycles. The Morgan fingerprint density at radius 3 is 2.57 bits per heavy atom. The van der Waals surface area contributed by atoms with E-state index < -0.39 is 0 Å². The normalized spacial score (nSPS) is 18.9. The largest absolute Gasteiger partial charge is 0.481 e. The Morgan fingerprint density at radius 1 is 1.17 bits per heavy atom. The molecule has 1 fully saturated rings. The fourth-order valence-electron chi connectivity index (χ4n) is 2.74. The Labute approximate surface area is 144 Å². The van der Waals surface area contributed by atoms with Crippen LogP contribution in [0.1, 0.15) is 12.5 Å². The molecule has 1 aliphatic rings. The van der Waals surface area contributed by atoms with Crippen molar-refractivity contribution in [3.05, 3.63) is 40.8 Å². The molecule has 0 aliphatic carbocycles. The summed E-state index contributed by atoms with van der Waals surface area (Å²) in [4.78, 5) is 17.7. The average molecular weight is 378 g/mol. The van der Waals surface area contributed by atoms with E-state index in [0.29, 0.717) is 11.9 Å². The third-order valence-corrected chi connectivity index (χ3v) is 4.46. The van der Waals surface area contributed by atoms with E-state index >= 15 is 0 Å². The van der Waals surface area contributed by atoms with E-state index in [1.165, 1.54) is 5.56 Å². The monoisotopic (exact) mass is 377 g/mol. The Balaban J connectivity index is 1.60. The lowest BCUT2D eigenvalue weighted by Gasteiger charge is -2.39. The van der Waals surface area contributed by atoms with Gasteiger partial charge in [-0.1, -0.05) is 6.07 Å². The van der Waals surface area contributed by atoms with Gasteiger partial charge in [0.15, 0.2) is 0 Å². The molecule has 0 bridgehead atoms. The summed E-state index contributed by atoms with van der Waals surface area (Å²) in [6.07, 6.45) is 5.47. The van der Waals surface area contributed by atoms with Gasteiger partial charge in [-0.25, -0.2) is 15.0 Å². The zero-order valence-electron chi connectivity index (χ0n) is 13.3. The highest BCUT2D eigenvalue weighted by atomic mass is 79.9. The van der Waals surface area contributed by atoms with E-state index in [4.69, 9.17) is 4.74 Å². The van der Waals surface area contributed by atoms with Crippen molar-refractivity contribution in [2.24, 2.45) is 0 Å². The molecule has 0 spiro atoms. The number of anilines is 1. The van der Waals surface area contributed by atoms with Crippen LogP contribution in [0.2, 0.25) is 0 Å². The highest BCUT2D eigenvalue weighted by molar-refractivity contribution is 9.10. The summed E-state index contributed by atoms with van der Waals surface area (Å²) in [5.41, 5.74) is 1.20. The number of hydrogen-bond acceptors (Lipinski definition) is 6. The van der Waals surface area contributed by atoms with Crippen LogP contribution in [-0.4, -0.2) is 52.6 Å². The lowest BCUT2D eigenvalue weighted by atomic mass is 10.1. The van der Waals surface area contributed by atoms with Crippen molar-refractivity contribution in [2.75, 3.05) is 31.6 Å². The minimum Gasteiger partial charge on any atom is -0.481 e. The molecule has 1 atom stereocenters. The van der Waals surface area contributed by atoms with E-state index in [2.05, 4.69) is 53.7 Å². The lowest BCUT2D eigenvalue weighted by Crippen LogP contribution is -2.51. The van der Waals surface area contributed by atoms with Crippen molar-refractivity contribution in [3.8, 4) is 5.88 Å². The zero-order valence-corrected chi connectivity index (χ0v) is 14.9. The molecular formula is C16H20BrN5O. The summed E-state index contributed by atoms with van der Waals surface area (Å²) in [6, 6.07) is 4.41. The molecule has 0 amide bonds. The standard InChI is InChI=1S/C16H20BrN5O/c1-12-10-22(16-19-8-14(17)9-20-16)6-5-21(12)11-13-3-4-15(23-2)18-7-13/h3-4,7-9,12H,5-6,10-11H2,1-2H3. The summed E-state index contributed by atoms with van der Waals surface area (Å²) in [6.45, 7) is 5.96. The van der Waals surface area contributed by atoms with Crippen molar-refractivity contribution >= 4 is 21.9 Å². The highest BCUT2D eigenvalue weighted by Gasteiger charge is 2.25. The Kier molecular flexibility index (Phi) is 5.07. The molecule has 1 saturated heterocycles. The van der Waals surface area contributed by atoms with Gasteiger partial charge >= 0.3 is 0 Å². The molecule has 3 heterocycles. The van der Waals surface area contributed by atoms with Crippen LogP contribution in [-0.2, 0) is 6.54 Å². The van der Waals surface area contributed by atoms with Gasteiger partial charge in [0.2, 0.25) is 11.8 Å². The second-order valence-corrected chi connectivity index (χ2v) is 6.59. The fourth-order valence-corrected chi connectivity index (χ4v) is 2.95. The Morgan fingerprint density at radius 2 is 1.96 bits per heavy atom. The van der Waals surface area contributed by atoms with Crippen LogP contribution in [0.5, 0.6) is 5.88 Å². The summed E-state index contributed by atoms with van der Waals surface area (Å²) >= 11 is 3.37. The van der Waals surface area contributed by atoms with Gasteiger partial charge in [-0.2, -0.15) is 0 Å². The molecule has 0 saturated carbocycles. The van der Waals surface area contributed by atoms with E-state index in [9.17, 15) is 0 Å². The number of nitrogens with zero attached hydrogens (tertiary/aromatic N) is 5. The molecule has 6 nitrogen and oxygen atoms in total. The van der Waals surface area contributed by atoms with Gasteiger partial charge < -0.3 is 9.64 Å². The lowest BCUT2D eigenvalue weighted by molar-refractivity contribution is 0.180. The van der Waals surface area contributed by atoms with Crippen LogP contribution in [0.25, 0.3) is 0 Å². The maximum Gasteiger partial charge on any atom is 0.225 e. The number of pyridine rings is 1. The van der Waals surface area contributed by atoms with Gasteiger partial charge in [0, 0.05) is 56.9 Å².